The van der Waals surface area contributed by atoms with Crippen LogP contribution in [-0.4, -0.2) is 17.9 Å². The third-order valence-corrected chi connectivity index (χ3v) is 6.48. The van der Waals surface area contributed by atoms with E-state index in [4.69, 9.17) is 0 Å². The van der Waals surface area contributed by atoms with Crippen molar-refractivity contribution in [3.8, 4) is 0 Å². The molecule has 9 heteroatoms. The number of carboxylic acids is 3. The molecule has 0 spiro atoms. The van der Waals surface area contributed by atoms with E-state index in [0.29, 0.717) is 0 Å². The fourth-order valence-electron chi connectivity index (χ4n) is 3.21. The zero-order valence-corrected chi connectivity index (χ0v) is 38.4. The number of carboxylic acid groups (broad SMARTS) is 3. The second kappa shape index (κ2) is 25.5. The minimum absolute atomic E-state index is 0. The predicted molar refractivity (Wildman–Crippen MR) is 192 cm³/mol. The van der Waals surface area contributed by atoms with Gasteiger partial charge in [-0.25, -0.2) is 0 Å². The zero-order chi connectivity index (χ0) is 36.5. The van der Waals surface area contributed by atoms with Crippen molar-refractivity contribution in [3.05, 3.63) is 127 Å². The Balaban J connectivity index is -0.000000539. The molecule has 0 aliphatic rings. The predicted octanol–water partition coefficient (Wildman–Crippen LogP) is 7.02. The molecule has 0 aliphatic carbocycles. The number of hydrogen-bond acceptors (Lipinski definition) is 6. The summed E-state index contributed by atoms with van der Waals surface area (Å²) in [6.45, 7) is 14.4. The summed E-state index contributed by atoms with van der Waals surface area (Å²) in [5.74, 6) is -3.02. The van der Waals surface area contributed by atoms with Crippen molar-refractivity contribution in [2.24, 2.45) is 16.2 Å². The molecular weight excluding hydrogens is 874 g/mol. The largest absolute Gasteiger partial charge is 2.00 e. The van der Waals surface area contributed by atoms with Crippen LogP contribution in [0.2, 0.25) is 0 Å². The molecule has 264 valence electrons. The average Bonchev–Trinajstić information content (AvgIpc) is 3.78. The van der Waals surface area contributed by atoms with E-state index in [1.165, 1.54) is 32.3 Å². The molecule has 6 nitrogen and oxygen atoms in total. The van der Waals surface area contributed by atoms with E-state index in [9.17, 15) is 29.7 Å². The van der Waals surface area contributed by atoms with E-state index < -0.39 is 34.2 Å². The molecule has 0 fully saturated rings. The molecule has 0 N–H and O–H groups in total. The Morgan fingerprint density at radius 2 is 0.569 bits per heavy atom. The van der Waals surface area contributed by atoms with Gasteiger partial charge in [-0.2, -0.15) is 52.6 Å². The van der Waals surface area contributed by atoms with Gasteiger partial charge in [0.25, 0.3) is 0 Å². The first-order chi connectivity index (χ1) is 22.2. The molecule has 0 bridgehead atoms. The van der Waals surface area contributed by atoms with Crippen LogP contribution in [0.5, 0.6) is 0 Å². The maximum Gasteiger partial charge on any atom is 2.00 e. The van der Waals surface area contributed by atoms with E-state index >= 15 is 0 Å². The molecule has 0 saturated carbocycles. The number of rotatable bonds is 0. The molecular formula is C42H48O6Zr3. The van der Waals surface area contributed by atoms with Crippen molar-refractivity contribution >= 4 is 50.2 Å². The van der Waals surface area contributed by atoms with Gasteiger partial charge in [-0.05, 0) is 0 Å². The maximum atomic E-state index is 9.91. The van der Waals surface area contributed by atoms with E-state index in [-0.39, 0.29) is 78.6 Å². The quantitative estimate of drug-likeness (QED) is 0.151. The molecule has 0 radical (unpaired) electrons. The van der Waals surface area contributed by atoms with Crippen LogP contribution < -0.4 is 15.3 Å². The van der Waals surface area contributed by atoms with Gasteiger partial charge >= 0.3 is 78.6 Å². The third kappa shape index (κ3) is 22.3. The van der Waals surface area contributed by atoms with Crippen LogP contribution in [0.1, 0.15) is 62.3 Å². The molecule has 6 aromatic rings. The van der Waals surface area contributed by atoms with Crippen LogP contribution in [-0.2, 0) is 93.0 Å². The van der Waals surface area contributed by atoms with Crippen LogP contribution in [0.3, 0.4) is 0 Å². The second-order valence-electron chi connectivity index (χ2n) is 14.1. The zero-order valence-electron chi connectivity index (χ0n) is 31.1. The maximum absolute atomic E-state index is 9.91. The topological polar surface area (TPSA) is 120 Å². The van der Waals surface area contributed by atoms with Gasteiger partial charge in [0.1, 0.15) is 0 Å². The number of carbonyl (C=O) groups is 3. The van der Waals surface area contributed by atoms with Gasteiger partial charge in [-0.3, -0.25) is 0 Å². The monoisotopic (exact) mass is 918 g/mol. The first-order valence-corrected chi connectivity index (χ1v) is 15.7. The summed E-state index contributed by atoms with van der Waals surface area (Å²) in [5.41, 5.74) is -2.08. The summed E-state index contributed by atoms with van der Waals surface area (Å²) in [4.78, 5) is 29.7. The summed E-state index contributed by atoms with van der Waals surface area (Å²) in [7, 11) is 0. The molecule has 6 rings (SSSR count). The van der Waals surface area contributed by atoms with Gasteiger partial charge in [0.2, 0.25) is 0 Å². The Morgan fingerprint density at radius 3 is 0.725 bits per heavy atom. The Kier molecular flexibility index (Phi) is 26.5. The minimum atomic E-state index is -1.01. The molecule has 0 aliphatic heterocycles. The van der Waals surface area contributed by atoms with Crippen LogP contribution in [0.25, 0.3) is 32.3 Å². The normalized spacial score (nSPS) is 10.1. The van der Waals surface area contributed by atoms with Crippen LogP contribution in [0.4, 0.5) is 0 Å². The van der Waals surface area contributed by atoms with Crippen molar-refractivity contribution in [1.82, 2.24) is 0 Å². The molecule has 0 heterocycles. The third-order valence-electron chi connectivity index (χ3n) is 6.48. The number of carbonyl (C=O) groups excluding carboxylic acids is 3. The molecule has 0 saturated heterocycles. The average molecular weight is 923 g/mol. The summed E-state index contributed by atoms with van der Waals surface area (Å²) in [5, 5.41) is 37.7. The SMILES string of the molecule is CC(C)(C)C(=O)[O-].CC(C)(C)C(=O)[O-].CC(C)(C)C(=O)[O-].[Zr+2].[Zr+2].[Zr+2].c1ccc2[cH-]ccc2c1.c1ccc2[cH-]ccc2c1.c1ccc2[cH-]ccc2c1. The molecule has 0 aromatic heterocycles. The van der Waals surface area contributed by atoms with E-state index in [2.05, 4.69) is 127 Å². The van der Waals surface area contributed by atoms with Gasteiger partial charge in [0.05, 0.1) is 0 Å². The Bertz CT molecular complexity index is 1520. The standard InChI is InChI=1S/3C9H7.3C5H10O2.3Zr/c3*1-2-5-9-7-3-6-8(9)4-1;3*1-5(2,3)4(6)7;;;/h3*1-7H;3*1-3H3,(H,6,7);;;/q3*-1;;;;3*+2/p-3. The summed E-state index contributed by atoms with van der Waals surface area (Å²) in [6, 6.07) is 44.0. The van der Waals surface area contributed by atoms with Gasteiger partial charge in [0.15, 0.2) is 0 Å². The first kappa shape index (κ1) is 52.9. The van der Waals surface area contributed by atoms with Gasteiger partial charge in [-0.1, -0.05) is 80.5 Å². The van der Waals surface area contributed by atoms with Crippen LogP contribution in [0, 0.1) is 16.2 Å². The van der Waals surface area contributed by atoms with Crippen molar-refractivity contribution < 1.29 is 108 Å². The summed E-state index contributed by atoms with van der Waals surface area (Å²) >= 11 is 0. The van der Waals surface area contributed by atoms with Crippen molar-refractivity contribution in [2.75, 3.05) is 0 Å². The van der Waals surface area contributed by atoms with Crippen molar-refractivity contribution in [3.63, 3.8) is 0 Å². The van der Waals surface area contributed by atoms with E-state index in [1.807, 2.05) is 0 Å². The number of hydrogen-bond donors (Lipinski definition) is 0. The minimum Gasteiger partial charge on any atom is -0.550 e. The Labute approximate surface area is 361 Å². The molecule has 0 amide bonds. The van der Waals surface area contributed by atoms with Crippen molar-refractivity contribution in [2.45, 2.75) is 62.3 Å². The van der Waals surface area contributed by atoms with Gasteiger partial charge < -0.3 is 29.7 Å². The number of benzene rings is 3. The van der Waals surface area contributed by atoms with Crippen molar-refractivity contribution in [1.29, 1.82) is 0 Å². The summed E-state index contributed by atoms with van der Waals surface area (Å²) in [6.07, 6.45) is 0. The summed E-state index contributed by atoms with van der Waals surface area (Å²) < 4.78 is 0. The molecule has 6 aromatic carbocycles. The number of aliphatic carboxylic acids is 3. The van der Waals surface area contributed by atoms with Crippen LogP contribution in [0.15, 0.2) is 127 Å². The van der Waals surface area contributed by atoms with Gasteiger partial charge in [-0.15, -0.1) is 89.0 Å². The molecule has 0 atom stereocenters. The molecule has 0 unspecified atom stereocenters. The fraction of sp³-hybridized carbons (Fsp3) is 0.286. The molecule has 51 heavy (non-hydrogen) atoms. The van der Waals surface area contributed by atoms with Gasteiger partial charge in [0, 0.05) is 34.2 Å². The van der Waals surface area contributed by atoms with E-state index in [0.717, 1.165) is 0 Å². The fourth-order valence-corrected chi connectivity index (χ4v) is 3.21. The van der Waals surface area contributed by atoms with Crippen LogP contribution >= 0.6 is 0 Å². The smallest absolute Gasteiger partial charge is 0.550 e. The Hall–Kier alpha value is -2.45. The number of fused-ring (bicyclic) bond motifs is 3. The first-order valence-electron chi connectivity index (χ1n) is 15.7. The second-order valence-corrected chi connectivity index (χ2v) is 14.1. The van der Waals surface area contributed by atoms with E-state index in [1.54, 1.807) is 62.3 Å². The Morgan fingerprint density at radius 1 is 0.392 bits per heavy atom.